The molecule has 2 heterocycles. The van der Waals surface area contributed by atoms with Gasteiger partial charge in [-0.2, -0.15) is 5.10 Å². The molecule has 0 bridgehead atoms. The summed E-state index contributed by atoms with van der Waals surface area (Å²) in [6.07, 6.45) is 5.54. The number of ether oxygens (including phenoxy) is 1. The number of aliphatic imine (C=N–C) groups is 1. The summed E-state index contributed by atoms with van der Waals surface area (Å²) in [6, 6.07) is 0. The maximum atomic E-state index is 5.45. The number of aryl methyl sites for hydroxylation is 2. The van der Waals surface area contributed by atoms with Crippen LogP contribution in [0.2, 0.25) is 0 Å². The molecule has 0 amide bonds. The lowest BCUT2D eigenvalue weighted by molar-refractivity contribution is 0.0625. The van der Waals surface area contributed by atoms with Crippen molar-refractivity contribution in [3.63, 3.8) is 0 Å². The van der Waals surface area contributed by atoms with E-state index in [-0.39, 0.29) is 0 Å². The Kier molecular flexibility index (Phi) is 7.75. The van der Waals surface area contributed by atoms with E-state index in [2.05, 4.69) is 41.2 Å². The van der Waals surface area contributed by atoms with E-state index in [1.165, 1.54) is 36.2 Å². The van der Waals surface area contributed by atoms with Crippen molar-refractivity contribution < 1.29 is 4.74 Å². The minimum Gasteiger partial charge on any atom is -0.381 e. The van der Waals surface area contributed by atoms with E-state index in [0.717, 1.165) is 51.0 Å². The molecule has 0 atom stereocenters. The molecule has 142 valence electrons. The smallest absolute Gasteiger partial charge is 0.193 e. The second-order valence-corrected chi connectivity index (χ2v) is 6.87. The van der Waals surface area contributed by atoms with Crippen molar-refractivity contribution in [1.29, 1.82) is 0 Å². The highest BCUT2D eigenvalue weighted by Gasteiger charge is 2.17. The molecule has 0 aliphatic carbocycles. The maximum Gasteiger partial charge on any atom is 0.193 e. The van der Waals surface area contributed by atoms with Gasteiger partial charge >= 0.3 is 0 Å². The zero-order chi connectivity index (χ0) is 18.2. The standard InChI is InChI=1S/C19H35N5O/c1-6-17-16(18(7-2)24(5)22-17)14-21-19(20-3)23(4)11-8-15-9-12-25-13-10-15/h15H,6-14H2,1-5H3,(H,20,21). The van der Waals surface area contributed by atoms with Gasteiger partial charge in [0, 0.05) is 58.7 Å². The summed E-state index contributed by atoms with van der Waals surface area (Å²) in [5, 5.41) is 8.19. The third kappa shape index (κ3) is 5.21. The Balaban J connectivity index is 1.91. The van der Waals surface area contributed by atoms with Gasteiger partial charge in [0.15, 0.2) is 5.96 Å². The molecule has 6 heteroatoms. The molecule has 1 aliphatic rings. The number of aromatic nitrogens is 2. The number of nitrogens with one attached hydrogen (secondary N) is 1. The molecule has 0 spiro atoms. The largest absolute Gasteiger partial charge is 0.381 e. The maximum absolute atomic E-state index is 5.45. The van der Waals surface area contributed by atoms with Crippen LogP contribution < -0.4 is 5.32 Å². The molecular weight excluding hydrogens is 314 g/mol. The number of nitrogens with zero attached hydrogens (tertiary/aromatic N) is 4. The van der Waals surface area contributed by atoms with Crippen molar-refractivity contribution in [2.75, 3.05) is 33.9 Å². The lowest BCUT2D eigenvalue weighted by atomic mass is 9.96. The molecule has 1 aromatic rings. The molecular formula is C19H35N5O. The minimum atomic E-state index is 0.783. The highest BCUT2D eigenvalue weighted by atomic mass is 16.5. The van der Waals surface area contributed by atoms with Gasteiger partial charge < -0.3 is 15.0 Å². The third-order valence-electron chi connectivity index (χ3n) is 5.24. The molecule has 6 nitrogen and oxygen atoms in total. The molecule has 0 aromatic carbocycles. The normalized spacial score (nSPS) is 16.3. The first-order chi connectivity index (χ1) is 12.1. The van der Waals surface area contributed by atoms with Crippen LogP contribution >= 0.6 is 0 Å². The van der Waals surface area contributed by atoms with Crippen LogP contribution in [0.1, 0.15) is 50.1 Å². The molecule has 1 fully saturated rings. The SMILES string of the molecule is CCc1nn(C)c(CC)c1CNC(=NC)N(C)CCC1CCOCC1. The van der Waals surface area contributed by atoms with Gasteiger partial charge in [0.2, 0.25) is 0 Å². The van der Waals surface area contributed by atoms with E-state index in [1.807, 2.05) is 18.8 Å². The van der Waals surface area contributed by atoms with Crippen LogP contribution in [0.5, 0.6) is 0 Å². The van der Waals surface area contributed by atoms with Gasteiger partial charge in [0.05, 0.1) is 5.69 Å². The zero-order valence-corrected chi connectivity index (χ0v) is 16.6. The van der Waals surface area contributed by atoms with Crippen molar-refractivity contribution in [3.8, 4) is 0 Å². The van der Waals surface area contributed by atoms with Crippen LogP contribution in [0.15, 0.2) is 4.99 Å². The first-order valence-corrected chi connectivity index (χ1v) is 9.63. The van der Waals surface area contributed by atoms with Crippen LogP contribution in [-0.4, -0.2) is 54.5 Å². The summed E-state index contributed by atoms with van der Waals surface area (Å²) in [5.74, 6) is 1.74. The predicted molar refractivity (Wildman–Crippen MR) is 103 cm³/mol. The van der Waals surface area contributed by atoms with Gasteiger partial charge in [-0.3, -0.25) is 9.67 Å². The Labute approximate surface area is 152 Å². The fourth-order valence-electron chi connectivity index (χ4n) is 3.66. The Morgan fingerprint density at radius 1 is 1.32 bits per heavy atom. The summed E-state index contributed by atoms with van der Waals surface area (Å²) in [5.41, 5.74) is 3.82. The number of hydrogen-bond donors (Lipinski definition) is 1. The van der Waals surface area contributed by atoms with Crippen LogP contribution in [0.25, 0.3) is 0 Å². The lowest BCUT2D eigenvalue weighted by Gasteiger charge is -2.27. The summed E-state index contributed by atoms with van der Waals surface area (Å²) in [4.78, 5) is 6.70. The Bertz CT molecular complexity index is 560. The highest BCUT2D eigenvalue weighted by Crippen LogP contribution is 2.19. The second kappa shape index (κ2) is 9.80. The molecule has 1 aromatic heterocycles. The predicted octanol–water partition coefficient (Wildman–Crippen LogP) is 2.37. The van der Waals surface area contributed by atoms with E-state index in [9.17, 15) is 0 Å². The lowest BCUT2D eigenvalue weighted by Crippen LogP contribution is -2.40. The van der Waals surface area contributed by atoms with Gasteiger partial charge in [0.25, 0.3) is 0 Å². The van der Waals surface area contributed by atoms with Gasteiger partial charge in [-0.15, -0.1) is 0 Å². The minimum absolute atomic E-state index is 0.783. The average Bonchev–Trinajstić information content (AvgIpc) is 2.96. The summed E-state index contributed by atoms with van der Waals surface area (Å²) >= 11 is 0. The van der Waals surface area contributed by atoms with Crippen molar-refractivity contribution in [2.24, 2.45) is 18.0 Å². The average molecular weight is 350 g/mol. The third-order valence-corrected chi connectivity index (χ3v) is 5.24. The quantitative estimate of drug-likeness (QED) is 0.606. The highest BCUT2D eigenvalue weighted by molar-refractivity contribution is 5.79. The molecule has 1 aliphatic heterocycles. The Morgan fingerprint density at radius 3 is 2.64 bits per heavy atom. The van der Waals surface area contributed by atoms with Crippen LogP contribution in [-0.2, 0) is 31.2 Å². The van der Waals surface area contributed by atoms with Crippen LogP contribution in [0.3, 0.4) is 0 Å². The number of hydrogen-bond acceptors (Lipinski definition) is 3. The monoisotopic (exact) mass is 349 g/mol. The van der Waals surface area contributed by atoms with E-state index in [1.54, 1.807) is 0 Å². The van der Waals surface area contributed by atoms with Gasteiger partial charge in [-0.1, -0.05) is 13.8 Å². The Hall–Kier alpha value is -1.56. The van der Waals surface area contributed by atoms with E-state index in [0.29, 0.717) is 0 Å². The first-order valence-electron chi connectivity index (χ1n) is 9.63. The zero-order valence-electron chi connectivity index (χ0n) is 16.6. The molecule has 25 heavy (non-hydrogen) atoms. The molecule has 2 rings (SSSR count). The van der Waals surface area contributed by atoms with Crippen LogP contribution in [0.4, 0.5) is 0 Å². The van der Waals surface area contributed by atoms with E-state index < -0.39 is 0 Å². The van der Waals surface area contributed by atoms with Gasteiger partial charge in [-0.25, -0.2) is 0 Å². The second-order valence-electron chi connectivity index (χ2n) is 6.87. The van der Waals surface area contributed by atoms with Crippen LogP contribution in [0, 0.1) is 5.92 Å². The van der Waals surface area contributed by atoms with E-state index >= 15 is 0 Å². The summed E-state index contributed by atoms with van der Waals surface area (Å²) < 4.78 is 7.47. The van der Waals surface area contributed by atoms with Crippen molar-refractivity contribution >= 4 is 5.96 Å². The van der Waals surface area contributed by atoms with Crippen molar-refractivity contribution in [2.45, 2.75) is 52.5 Å². The van der Waals surface area contributed by atoms with Gasteiger partial charge in [0.1, 0.15) is 0 Å². The first kappa shape index (κ1) is 19.8. The Morgan fingerprint density at radius 2 is 2.04 bits per heavy atom. The molecule has 0 saturated carbocycles. The fourth-order valence-corrected chi connectivity index (χ4v) is 3.66. The molecule has 1 N–H and O–H groups in total. The van der Waals surface area contributed by atoms with Crippen molar-refractivity contribution in [3.05, 3.63) is 17.0 Å². The molecule has 1 saturated heterocycles. The number of guanidine groups is 1. The topological polar surface area (TPSA) is 54.7 Å². The number of rotatable bonds is 7. The van der Waals surface area contributed by atoms with Crippen molar-refractivity contribution in [1.82, 2.24) is 20.0 Å². The molecule has 0 unspecified atom stereocenters. The summed E-state index contributed by atoms with van der Waals surface area (Å²) in [7, 11) is 6.02. The molecule has 0 radical (unpaired) electrons. The van der Waals surface area contributed by atoms with Gasteiger partial charge in [-0.05, 0) is 38.0 Å². The van der Waals surface area contributed by atoms with E-state index in [4.69, 9.17) is 4.74 Å². The summed E-state index contributed by atoms with van der Waals surface area (Å²) in [6.45, 7) is 8.01. The fraction of sp³-hybridized carbons (Fsp3) is 0.789.